The smallest absolute Gasteiger partial charge is 0.407 e. The molecule has 2 aliphatic rings. The van der Waals surface area contributed by atoms with E-state index in [0.717, 1.165) is 35.3 Å². The lowest BCUT2D eigenvalue weighted by atomic mass is 9.97. The highest BCUT2D eigenvalue weighted by molar-refractivity contribution is 6.03. The first-order valence-corrected chi connectivity index (χ1v) is 10.8. The second-order valence-corrected chi connectivity index (χ2v) is 8.38. The molecular weight excluding hydrogens is 406 g/mol. The fraction of sp³-hybridized carbons (Fsp3) is 0.440. The normalized spacial score (nSPS) is 18.4. The van der Waals surface area contributed by atoms with E-state index in [1.54, 1.807) is 0 Å². The van der Waals surface area contributed by atoms with Crippen molar-refractivity contribution in [1.29, 1.82) is 0 Å². The van der Waals surface area contributed by atoms with Crippen LogP contribution in [0.1, 0.15) is 51.2 Å². The van der Waals surface area contributed by atoms with Crippen molar-refractivity contribution in [2.24, 2.45) is 10.9 Å². The first kappa shape index (κ1) is 23.3. The summed E-state index contributed by atoms with van der Waals surface area (Å²) >= 11 is 0. The predicted octanol–water partition coefficient (Wildman–Crippen LogP) is 3.18. The number of hydrogen-bond acceptors (Lipinski definition) is 5. The molecule has 168 valence electrons. The maximum Gasteiger partial charge on any atom is 0.407 e. The minimum atomic E-state index is -0.638. The van der Waals surface area contributed by atoms with E-state index in [2.05, 4.69) is 22.2 Å². The number of carbonyl (C=O) groups is 3. The Morgan fingerprint density at radius 1 is 1.22 bits per heavy atom. The summed E-state index contributed by atoms with van der Waals surface area (Å²) in [5, 5.41) is 2.67. The van der Waals surface area contributed by atoms with Crippen molar-refractivity contribution in [3.63, 3.8) is 0 Å². The standard InChI is InChI=1S/C25H29N3O4/c1-16(2)23(27-25(31)32-4)24(30)28-13-5-6-22(28)21-14-20(15-26-21)19-11-9-18(10-12-19)8-7-17(3)29/h9-12,15-16,22-23H,5-6,13-14H2,1-4H3,(H,27,31)/t22-,23-/m0/s1. The topological polar surface area (TPSA) is 88.1 Å². The summed E-state index contributed by atoms with van der Waals surface area (Å²) in [4.78, 5) is 42.5. The van der Waals surface area contributed by atoms with Crippen LogP contribution in [0.25, 0.3) is 5.57 Å². The van der Waals surface area contributed by atoms with Gasteiger partial charge in [-0.25, -0.2) is 4.79 Å². The van der Waals surface area contributed by atoms with E-state index >= 15 is 0 Å². The van der Waals surface area contributed by atoms with Gasteiger partial charge in [0.1, 0.15) is 6.04 Å². The summed E-state index contributed by atoms with van der Waals surface area (Å²) in [6, 6.07) is 7.02. The number of alkyl carbamates (subject to hydrolysis) is 1. The molecule has 2 aliphatic heterocycles. The zero-order chi connectivity index (χ0) is 23.3. The molecule has 7 heteroatoms. The Bertz CT molecular complexity index is 1010. The number of nitrogens with zero attached hydrogens (tertiary/aromatic N) is 2. The molecule has 3 rings (SSSR count). The summed E-state index contributed by atoms with van der Waals surface area (Å²) in [7, 11) is 1.29. The number of amides is 2. The fourth-order valence-electron chi connectivity index (χ4n) is 4.01. The minimum absolute atomic E-state index is 0.0633. The molecule has 32 heavy (non-hydrogen) atoms. The Morgan fingerprint density at radius 3 is 2.56 bits per heavy atom. The lowest BCUT2D eigenvalue weighted by molar-refractivity contribution is -0.134. The van der Waals surface area contributed by atoms with Crippen molar-refractivity contribution in [2.45, 2.75) is 52.1 Å². The Morgan fingerprint density at radius 2 is 1.94 bits per heavy atom. The summed E-state index contributed by atoms with van der Waals surface area (Å²) < 4.78 is 4.69. The maximum atomic E-state index is 13.3. The van der Waals surface area contributed by atoms with Crippen molar-refractivity contribution in [1.82, 2.24) is 10.2 Å². The van der Waals surface area contributed by atoms with Crippen LogP contribution in [0.3, 0.4) is 0 Å². The quantitative estimate of drug-likeness (QED) is 0.720. The number of Topliss-reactive ketones (excluding diaryl/α,β-unsaturated/α-hetero) is 1. The SMILES string of the molecule is COC(=O)N[C@H](C(=O)N1CCC[C@H]1C1=NC=C(c2ccc(C#CC(C)=O)cc2)C1)C(C)C. The molecular formula is C25H29N3O4. The molecule has 2 amide bonds. The Kier molecular flexibility index (Phi) is 7.47. The third kappa shape index (κ3) is 5.44. The summed E-state index contributed by atoms with van der Waals surface area (Å²) in [5.41, 5.74) is 3.87. The molecule has 0 spiro atoms. The van der Waals surface area contributed by atoms with Gasteiger partial charge in [-0.3, -0.25) is 14.6 Å². The van der Waals surface area contributed by atoms with Crippen LogP contribution < -0.4 is 5.32 Å². The van der Waals surface area contributed by atoms with Gasteiger partial charge in [0.05, 0.1) is 13.2 Å². The zero-order valence-corrected chi connectivity index (χ0v) is 19.0. The molecule has 2 atom stereocenters. The van der Waals surface area contributed by atoms with Crippen LogP contribution in [-0.2, 0) is 14.3 Å². The van der Waals surface area contributed by atoms with Crippen molar-refractivity contribution in [3.05, 3.63) is 41.6 Å². The fourth-order valence-corrected chi connectivity index (χ4v) is 4.01. The molecule has 1 fully saturated rings. The number of carbonyl (C=O) groups excluding carboxylic acids is 3. The van der Waals surface area contributed by atoms with Crippen LogP contribution in [0.2, 0.25) is 0 Å². The van der Waals surface area contributed by atoms with E-state index in [-0.39, 0.29) is 23.7 Å². The van der Waals surface area contributed by atoms with Gasteiger partial charge in [-0.15, -0.1) is 0 Å². The number of hydrogen-bond donors (Lipinski definition) is 1. The van der Waals surface area contributed by atoms with E-state index in [9.17, 15) is 14.4 Å². The molecule has 7 nitrogen and oxygen atoms in total. The summed E-state index contributed by atoms with van der Waals surface area (Å²) in [5.74, 6) is 5.06. The van der Waals surface area contributed by atoms with Gasteiger partial charge >= 0.3 is 6.09 Å². The molecule has 0 aromatic heterocycles. The molecule has 1 saturated heterocycles. The van der Waals surface area contributed by atoms with Gasteiger partial charge in [-0.05, 0) is 47.9 Å². The first-order chi connectivity index (χ1) is 15.3. The van der Waals surface area contributed by atoms with Crippen molar-refractivity contribution < 1.29 is 19.1 Å². The zero-order valence-electron chi connectivity index (χ0n) is 19.0. The Balaban J connectivity index is 1.68. The van der Waals surface area contributed by atoms with Gasteiger partial charge in [0, 0.05) is 37.4 Å². The van der Waals surface area contributed by atoms with Crippen molar-refractivity contribution >= 4 is 29.1 Å². The van der Waals surface area contributed by atoms with Gasteiger partial charge in [0.15, 0.2) is 0 Å². The molecule has 1 aromatic carbocycles. The highest BCUT2D eigenvalue weighted by Crippen LogP contribution is 2.30. The van der Waals surface area contributed by atoms with Crippen LogP contribution in [0.5, 0.6) is 0 Å². The van der Waals surface area contributed by atoms with E-state index in [1.165, 1.54) is 14.0 Å². The Labute approximate surface area is 188 Å². The summed E-state index contributed by atoms with van der Waals surface area (Å²) in [6.45, 7) is 5.89. The molecule has 0 radical (unpaired) electrons. The van der Waals surface area contributed by atoms with E-state index in [4.69, 9.17) is 4.74 Å². The third-order valence-electron chi connectivity index (χ3n) is 5.71. The van der Waals surface area contributed by atoms with Crippen LogP contribution in [0.15, 0.2) is 35.5 Å². The van der Waals surface area contributed by atoms with Crippen molar-refractivity contribution in [3.8, 4) is 11.8 Å². The van der Waals surface area contributed by atoms with Gasteiger partial charge in [-0.2, -0.15) is 0 Å². The lowest BCUT2D eigenvalue weighted by Crippen LogP contribution is -2.53. The molecule has 1 aromatic rings. The van der Waals surface area contributed by atoms with Gasteiger partial charge < -0.3 is 15.0 Å². The third-order valence-corrected chi connectivity index (χ3v) is 5.71. The van der Waals surface area contributed by atoms with Crippen LogP contribution >= 0.6 is 0 Å². The number of likely N-dealkylation sites (tertiary alicyclic amines) is 1. The number of allylic oxidation sites excluding steroid dienone is 1. The predicted molar refractivity (Wildman–Crippen MR) is 123 cm³/mol. The van der Waals surface area contributed by atoms with Crippen LogP contribution in [0.4, 0.5) is 4.79 Å². The maximum absolute atomic E-state index is 13.3. The molecule has 1 N–H and O–H groups in total. The van der Waals surface area contributed by atoms with E-state index in [1.807, 2.05) is 49.2 Å². The average Bonchev–Trinajstić information content (AvgIpc) is 3.45. The van der Waals surface area contributed by atoms with Crippen LogP contribution in [0, 0.1) is 17.8 Å². The first-order valence-electron chi connectivity index (χ1n) is 10.8. The second kappa shape index (κ2) is 10.3. The number of methoxy groups -OCH3 is 1. The second-order valence-electron chi connectivity index (χ2n) is 8.38. The molecule has 0 aliphatic carbocycles. The van der Waals surface area contributed by atoms with Crippen LogP contribution in [-0.4, -0.2) is 54.1 Å². The minimum Gasteiger partial charge on any atom is -0.453 e. The largest absolute Gasteiger partial charge is 0.453 e. The number of ether oxygens (including phenoxy) is 1. The number of rotatable bonds is 5. The highest BCUT2D eigenvalue weighted by atomic mass is 16.5. The molecule has 2 heterocycles. The molecule has 0 bridgehead atoms. The van der Waals surface area contributed by atoms with Gasteiger partial charge in [0.25, 0.3) is 0 Å². The van der Waals surface area contributed by atoms with Crippen molar-refractivity contribution in [2.75, 3.05) is 13.7 Å². The number of aliphatic imine (C=N–C) groups is 1. The summed E-state index contributed by atoms with van der Waals surface area (Å²) in [6.07, 6.45) is 3.68. The number of benzene rings is 1. The molecule has 0 unspecified atom stereocenters. The van der Waals surface area contributed by atoms with E-state index in [0.29, 0.717) is 13.0 Å². The average molecular weight is 436 g/mol. The lowest BCUT2D eigenvalue weighted by Gasteiger charge is -2.31. The number of nitrogens with one attached hydrogen (secondary N) is 1. The van der Waals surface area contributed by atoms with Gasteiger partial charge in [-0.1, -0.05) is 31.9 Å². The Hall–Kier alpha value is -3.40. The number of ketones is 1. The monoisotopic (exact) mass is 435 g/mol. The molecule has 0 saturated carbocycles. The van der Waals surface area contributed by atoms with Gasteiger partial charge in [0.2, 0.25) is 11.7 Å². The van der Waals surface area contributed by atoms with E-state index < -0.39 is 12.1 Å². The highest BCUT2D eigenvalue weighted by Gasteiger charge is 2.38.